The zero-order valence-corrected chi connectivity index (χ0v) is 12.6. The van der Waals surface area contributed by atoms with Crippen molar-refractivity contribution in [2.75, 3.05) is 5.32 Å². The van der Waals surface area contributed by atoms with Gasteiger partial charge in [0.1, 0.15) is 0 Å². The summed E-state index contributed by atoms with van der Waals surface area (Å²) in [5, 5.41) is 3.61. The van der Waals surface area contributed by atoms with Gasteiger partial charge in [0.25, 0.3) is 0 Å². The number of hydrogen-bond acceptors (Lipinski definition) is 4. The van der Waals surface area contributed by atoms with Crippen LogP contribution in [0.15, 0.2) is 15.9 Å². The van der Waals surface area contributed by atoms with E-state index < -0.39 is 0 Å². The quantitative estimate of drug-likeness (QED) is 0.916. The van der Waals surface area contributed by atoms with Gasteiger partial charge in [-0.05, 0) is 41.9 Å². The molecule has 0 saturated heterocycles. The molecule has 0 aliphatic carbocycles. The number of nitrogens with zero attached hydrogens (tertiary/aromatic N) is 2. The van der Waals surface area contributed by atoms with Crippen molar-refractivity contribution in [1.82, 2.24) is 9.97 Å². The monoisotopic (exact) mass is 331 g/mol. The minimum Gasteiger partial charge on any atom is -0.363 e. The van der Waals surface area contributed by atoms with Crippen LogP contribution in [0.25, 0.3) is 0 Å². The lowest BCUT2D eigenvalue weighted by atomic mass is 10.3. The summed E-state index contributed by atoms with van der Waals surface area (Å²) in [6, 6.07) is 4.08. The van der Waals surface area contributed by atoms with Gasteiger partial charge in [-0.2, -0.15) is 0 Å². The lowest BCUT2D eigenvalue weighted by molar-refractivity contribution is 1.02. The molecule has 0 amide bonds. The number of nitrogens with one attached hydrogen (secondary N) is 1. The second-order valence-electron chi connectivity index (χ2n) is 3.59. The first kappa shape index (κ1) is 12.8. The summed E-state index contributed by atoms with van der Waals surface area (Å²) in [4.78, 5) is 9.82. The molecule has 0 saturated carbocycles. The summed E-state index contributed by atoms with van der Waals surface area (Å²) < 4.78 is 1.12. The average Bonchev–Trinajstić information content (AvgIpc) is 2.68. The van der Waals surface area contributed by atoms with Crippen molar-refractivity contribution in [3.8, 4) is 0 Å². The predicted octanol–water partition coefficient (Wildman–Crippen LogP) is 4.18. The van der Waals surface area contributed by atoms with Crippen LogP contribution in [-0.2, 0) is 6.54 Å². The highest BCUT2D eigenvalue weighted by Crippen LogP contribution is 2.24. The van der Waals surface area contributed by atoms with E-state index in [4.69, 9.17) is 11.6 Å². The Kier molecular flexibility index (Phi) is 4.01. The SMILES string of the molecule is Cc1nc(Cl)c(NCc2ccc(Br)s2)nc1C. The molecule has 2 rings (SSSR count). The molecule has 0 bridgehead atoms. The number of aromatic nitrogens is 2. The van der Waals surface area contributed by atoms with E-state index in [2.05, 4.69) is 37.3 Å². The first-order valence-corrected chi connectivity index (χ1v) is 7.04. The van der Waals surface area contributed by atoms with E-state index in [0.29, 0.717) is 17.5 Å². The minimum atomic E-state index is 0.420. The maximum atomic E-state index is 6.03. The molecule has 0 unspecified atom stereocenters. The molecule has 0 fully saturated rings. The number of aryl methyl sites for hydroxylation is 2. The Morgan fingerprint density at radius 3 is 2.65 bits per heavy atom. The number of hydrogen-bond donors (Lipinski definition) is 1. The van der Waals surface area contributed by atoms with Gasteiger partial charge in [0, 0.05) is 4.88 Å². The molecular weight excluding hydrogens is 322 g/mol. The van der Waals surface area contributed by atoms with E-state index in [1.165, 1.54) is 4.88 Å². The van der Waals surface area contributed by atoms with Crippen LogP contribution in [-0.4, -0.2) is 9.97 Å². The summed E-state index contributed by atoms with van der Waals surface area (Å²) in [6.45, 7) is 4.52. The van der Waals surface area contributed by atoms with E-state index in [9.17, 15) is 0 Å². The normalized spacial score (nSPS) is 10.6. The van der Waals surface area contributed by atoms with Gasteiger partial charge in [-0.1, -0.05) is 11.6 Å². The van der Waals surface area contributed by atoms with Crippen LogP contribution < -0.4 is 5.32 Å². The second-order valence-corrected chi connectivity index (χ2v) is 6.50. The van der Waals surface area contributed by atoms with E-state index in [1.54, 1.807) is 11.3 Å². The van der Waals surface area contributed by atoms with Gasteiger partial charge in [-0.3, -0.25) is 0 Å². The number of rotatable bonds is 3. The van der Waals surface area contributed by atoms with E-state index in [-0.39, 0.29) is 0 Å². The molecule has 0 spiro atoms. The van der Waals surface area contributed by atoms with Gasteiger partial charge < -0.3 is 5.32 Å². The summed E-state index contributed by atoms with van der Waals surface area (Å²) >= 11 is 11.1. The zero-order chi connectivity index (χ0) is 12.4. The maximum Gasteiger partial charge on any atom is 0.171 e. The van der Waals surface area contributed by atoms with Gasteiger partial charge in [-0.25, -0.2) is 9.97 Å². The molecule has 6 heteroatoms. The molecule has 3 nitrogen and oxygen atoms in total. The summed E-state index contributed by atoms with van der Waals surface area (Å²) in [5.74, 6) is 0.638. The topological polar surface area (TPSA) is 37.8 Å². The van der Waals surface area contributed by atoms with Gasteiger partial charge in [0.05, 0.1) is 21.7 Å². The molecule has 17 heavy (non-hydrogen) atoms. The zero-order valence-electron chi connectivity index (χ0n) is 9.42. The van der Waals surface area contributed by atoms with Crippen molar-refractivity contribution < 1.29 is 0 Å². The smallest absolute Gasteiger partial charge is 0.171 e. The molecule has 0 atom stereocenters. The van der Waals surface area contributed by atoms with Crippen LogP contribution in [0, 0.1) is 13.8 Å². The highest BCUT2D eigenvalue weighted by atomic mass is 79.9. The molecule has 0 aromatic carbocycles. The van der Waals surface area contributed by atoms with Crippen molar-refractivity contribution in [1.29, 1.82) is 0 Å². The van der Waals surface area contributed by atoms with Gasteiger partial charge in [0.2, 0.25) is 0 Å². The second kappa shape index (κ2) is 5.33. The molecular formula is C11H11BrClN3S. The van der Waals surface area contributed by atoms with Crippen molar-refractivity contribution in [2.24, 2.45) is 0 Å². The Bertz CT molecular complexity index is 542. The molecule has 90 valence electrons. The lowest BCUT2D eigenvalue weighted by Gasteiger charge is -2.08. The van der Waals surface area contributed by atoms with Crippen LogP contribution in [0.5, 0.6) is 0 Å². The van der Waals surface area contributed by atoms with Gasteiger partial charge in [-0.15, -0.1) is 11.3 Å². The number of anilines is 1. The number of halogens is 2. The Balaban J connectivity index is 2.11. The standard InChI is InChI=1S/C11H11BrClN3S/c1-6-7(2)16-11(10(13)15-6)14-5-8-3-4-9(12)17-8/h3-4H,5H2,1-2H3,(H,14,16). The van der Waals surface area contributed by atoms with Crippen LogP contribution in [0.1, 0.15) is 16.3 Å². The van der Waals surface area contributed by atoms with Crippen molar-refractivity contribution >= 4 is 44.7 Å². The van der Waals surface area contributed by atoms with Crippen LogP contribution in [0.3, 0.4) is 0 Å². The van der Waals surface area contributed by atoms with Crippen molar-refractivity contribution in [3.05, 3.63) is 37.3 Å². The van der Waals surface area contributed by atoms with Crippen molar-refractivity contribution in [2.45, 2.75) is 20.4 Å². The molecule has 0 aliphatic rings. The molecule has 2 aromatic heterocycles. The van der Waals surface area contributed by atoms with E-state index in [0.717, 1.165) is 15.2 Å². The third-order valence-corrected chi connectivity index (χ3v) is 4.21. The molecule has 2 heterocycles. The first-order valence-electron chi connectivity index (χ1n) is 5.05. The average molecular weight is 333 g/mol. The molecule has 1 N–H and O–H groups in total. The third kappa shape index (κ3) is 3.18. The van der Waals surface area contributed by atoms with Crippen molar-refractivity contribution in [3.63, 3.8) is 0 Å². The van der Waals surface area contributed by atoms with Crippen LogP contribution in [0.4, 0.5) is 5.82 Å². The summed E-state index contributed by atoms with van der Waals surface area (Å²) in [5.41, 5.74) is 1.75. The number of thiophene rings is 1. The van der Waals surface area contributed by atoms with Crippen LogP contribution >= 0.6 is 38.9 Å². The van der Waals surface area contributed by atoms with Crippen LogP contribution in [0.2, 0.25) is 5.15 Å². The Labute approximate surface area is 117 Å². The predicted molar refractivity (Wildman–Crippen MR) is 75.9 cm³/mol. The summed E-state index contributed by atoms with van der Waals surface area (Å²) in [7, 11) is 0. The fourth-order valence-corrected chi connectivity index (χ4v) is 2.96. The minimum absolute atomic E-state index is 0.420. The molecule has 0 aliphatic heterocycles. The largest absolute Gasteiger partial charge is 0.363 e. The Morgan fingerprint density at radius 2 is 2.00 bits per heavy atom. The van der Waals surface area contributed by atoms with Gasteiger partial charge in [0.15, 0.2) is 11.0 Å². The fraction of sp³-hybridized carbons (Fsp3) is 0.273. The molecule has 0 radical (unpaired) electrons. The lowest BCUT2D eigenvalue weighted by Crippen LogP contribution is -2.04. The van der Waals surface area contributed by atoms with Gasteiger partial charge >= 0.3 is 0 Å². The highest BCUT2D eigenvalue weighted by Gasteiger charge is 2.07. The summed E-state index contributed by atoms with van der Waals surface area (Å²) in [6.07, 6.45) is 0. The Morgan fingerprint density at radius 1 is 1.29 bits per heavy atom. The molecule has 2 aromatic rings. The first-order chi connectivity index (χ1) is 8.06. The highest BCUT2D eigenvalue weighted by molar-refractivity contribution is 9.11. The fourth-order valence-electron chi connectivity index (χ4n) is 1.31. The maximum absolute atomic E-state index is 6.03. The van der Waals surface area contributed by atoms with E-state index in [1.807, 2.05) is 19.9 Å². The Hall–Kier alpha value is -0.650. The third-order valence-electron chi connectivity index (χ3n) is 2.32. The van der Waals surface area contributed by atoms with E-state index >= 15 is 0 Å².